The van der Waals surface area contributed by atoms with E-state index in [4.69, 9.17) is 0 Å². The molecule has 218 valence electrons. The second-order valence-corrected chi connectivity index (χ2v) is 11.8. The van der Waals surface area contributed by atoms with Crippen molar-refractivity contribution >= 4 is 11.7 Å². The van der Waals surface area contributed by atoms with Crippen molar-refractivity contribution in [2.75, 3.05) is 13.1 Å². The Morgan fingerprint density at radius 1 is 1.07 bits per heavy atom. The van der Waals surface area contributed by atoms with E-state index in [1.165, 1.54) is 19.1 Å². The van der Waals surface area contributed by atoms with Crippen LogP contribution >= 0.6 is 0 Å². The van der Waals surface area contributed by atoms with Gasteiger partial charge in [-0.1, -0.05) is 19.9 Å². The van der Waals surface area contributed by atoms with E-state index in [1.54, 1.807) is 23.2 Å². The lowest BCUT2D eigenvalue weighted by molar-refractivity contribution is -0.126. The summed E-state index contributed by atoms with van der Waals surface area (Å²) in [7, 11) is 0. The number of carbonyl (C=O) groups excluding carboxylic acids is 2. The van der Waals surface area contributed by atoms with E-state index < -0.39 is 12.1 Å². The van der Waals surface area contributed by atoms with Crippen molar-refractivity contribution < 1.29 is 14.0 Å². The van der Waals surface area contributed by atoms with Crippen LogP contribution in [0.3, 0.4) is 0 Å². The van der Waals surface area contributed by atoms with E-state index in [0.717, 1.165) is 48.2 Å². The number of hydrogen-bond acceptors (Lipinski definition) is 5. The molecule has 1 aromatic carbocycles. The van der Waals surface area contributed by atoms with Crippen LogP contribution in [-0.2, 0) is 16.1 Å². The van der Waals surface area contributed by atoms with E-state index in [2.05, 4.69) is 15.2 Å². The molecule has 41 heavy (non-hydrogen) atoms. The molecule has 1 amide bonds. The third-order valence-electron chi connectivity index (χ3n) is 7.73. The summed E-state index contributed by atoms with van der Waals surface area (Å²) in [6, 6.07) is 7.18. The molecule has 1 aliphatic heterocycles. The molecule has 2 atom stereocenters. The number of aryl methyl sites for hydroxylation is 2. The summed E-state index contributed by atoms with van der Waals surface area (Å²) < 4.78 is 15.5. The maximum Gasteiger partial charge on any atom is 0.255 e. The molecule has 0 unspecified atom stereocenters. The van der Waals surface area contributed by atoms with Crippen LogP contribution in [-0.4, -0.2) is 39.2 Å². The first-order valence-corrected chi connectivity index (χ1v) is 14.5. The molecule has 4 rings (SSSR count). The normalized spacial score (nSPS) is 15.2. The smallest absolute Gasteiger partial charge is 0.255 e. The summed E-state index contributed by atoms with van der Waals surface area (Å²) in [4.78, 5) is 46.5. The van der Waals surface area contributed by atoms with Crippen LogP contribution < -0.4 is 10.9 Å². The second kappa shape index (κ2) is 13.3. The van der Waals surface area contributed by atoms with E-state index in [1.807, 2.05) is 45.9 Å². The highest BCUT2D eigenvalue weighted by Gasteiger charge is 2.27. The Hall–Kier alpha value is -3.65. The van der Waals surface area contributed by atoms with Gasteiger partial charge in [0.05, 0.1) is 6.04 Å². The molecule has 0 aliphatic carbocycles. The van der Waals surface area contributed by atoms with Crippen LogP contribution in [0.4, 0.5) is 4.39 Å². The topological polar surface area (TPSA) is 84.3 Å². The molecular weight excluding hydrogens is 519 g/mol. The van der Waals surface area contributed by atoms with Crippen molar-refractivity contribution in [3.8, 4) is 11.1 Å². The number of carbonyl (C=O) groups is 2. The molecule has 1 aliphatic rings. The SMILES string of the molecule is CC(=O)C[C@H](NC(=O)[C@H](CC(C)C)n1cccc(CN2CCCC2)c1=O)c1cncc(-c2c(C)cc(F)cc2C)c1. The Bertz CT molecular complexity index is 1440. The largest absolute Gasteiger partial charge is 0.347 e. The summed E-state index contributed by atoms with van der Waals surface area (Å²) in [5.41, 5.74) is 4.40. The third kappa shape index (κ3) is 7.55. The van der Waals surface area contributed by atoms with Crippen LogP contribution in [0.15, 0.2) is 53.7 Å². The molecule has 0 radical (unpaired) electrons. The molecule has 1 N–H and O–H groups in total. The fraction of sp³-hybridized carbons (Fsp3) is 0.455. The number of nitrogens with one attached hydrogen (secondary N) is 1. The number of Topliss-reactive ketones (excluding diaryl/α,β-unsaturated/α-hetero) is 1. The highest BCUT2D eigenvalue weighted by molar-refractivity contribution is 5.83. The maximum atomic E-state index is 14.0. The number of halogens is 1. The third-order valence-corrected chi connectivity index (χ3v) is 7.73. The summed E-state index contributed by atoms with van der Waals surface area (Å²) in [5.74, 6) is -0.545. The van der Waals surface area contributed by atoms with E-state index in [9.17, 15) is 18.8 Å². The van der Waals surface area contributed by atoms with Crippen LogP contribution in [0.25, 0.3) is 11.1 Å². The zero-order valence-electron chi connectivity index (χ0n) is 24.7. The van der Waals surface area contributed by atoms with Crippen LogP contribution in [0, 0.1) is 25.6 Å². The minimum Gasteiger partial charge on any atom is -0.347 e. The van der Waals surface area contributed by atoms with E-state index in [0.29, 0.717) is 24.1 Å². The van der Waals surface area contributed by atoms with Crippen LogP contribution in [0.1, 0.15) is 80.8 Å². The molecule has 2 aromatic heterocycles. The van der Waals surface area contributed by atoms with Crippen molar-refractivity contribution in [2.45, 2.75) is 78.9 Å². The Kier molecular flexibility index (Phi) is 9.86. The highest BCUT2D eigenvalue weighted by Crippen LogP contribution is 2.30. The van der Waals surface area contributed by atoms with Gasteiger partial charge in [-0.05, 0) is 106 Å². The average Bonchev–Trinajstić information content (AvgIpc) is 3.41. The van der Waals surface area contributed by atoms with Gasteiger partial charge in [-0.3, -0.25) is 24.3 Å². The summed E-state index contributed by atoms with van der Waals surface area (Å²) >= 11 is 0. The molecule has 0 saturated carbocycles. The Labute approximate surface area is 241 Å². The molecule has 8 heteroatoms. The van der Waals surface area contributed by atoms with E-state index in [-0.39, 0.29) is 35.4 Å². The van der Waals surface area contributed by atoms with Crippen molar-refractivity contribution in [3.05, 3.63) is 87.3 Å². The Morgan fingerprint density at radius 2 is 1.76 bits per heavy atom. The molecule has 3 heterocycles. The lowest BCUT2D eigenvalue weighted by Gasteiger charge is -2.26. The molecule has 1 saturated heterocycles. The minimum absolute atomic E-state index is 0.0799. The second-order valence-electron chi connectivity index (χ2n) is 11.8. The first kappa shape index (κ1) is 30.3. The van der Waals surface area contributed by atoms with Gasteiger partial charge >= 0.3 is 0 Å². The molecule has 1 fully saturated rings. The number of pyridine rings is 2. The number of likely N-dealkylation sites (tertiary alicyclic amines) is 1. The predicted octanol–water partition coefficient (Wildman–Crippen LogP) is 5.69. The number of rotatable bonds is 11. The first-order valence-electron chi connectivity index (χ1n) is 14.5. The molecule has 0 bridgehead atoms. The number of ketones is 1. The maximum absolute atomic E-state index is 14.0. The lowest BCUT2D eigenvalue weighted by atomic mass is 9.93. The molecule has 3 aromatic rings. The highest BCUT2D eigenvalue weighted by atomic mass is 19.1. The lowest BCUT2D eigenvalue weighted by Crippen LogP contribution is -2.41. The number of nitrogens with zero attached hydrogens (tertiary/aromatic N) is 3. The zero-order valence-corrected chi connectivity index (χ0v) is 24.7. The fourth-order valence-corrected chi connectivity index (χ4v) is 5.86. The standard InChI is InChI=1S/C33H41FN4O3/c1-21(2)13-30(38-12-8-9-25(33(38)41)20-37-10-6-7-11-37)32(40)36-29(16-24(5)39)26-17-27(19-35-18-26)31-22(3)14-28(34)15-23(31)4/h8-9,12,14-15,17-19,21,29-30H,6-7,10-11,13,16,20H2,1-5H3,(H,36,40)/t29-,30-/m0/s1. The summed E-state index contributed by atoms with van der Waals surface area (Å²) in [5, 5.41) is 3.08. The van der Waals surface area contributed by atoms with Crippen molar-refractivity contribution in [3.63, 3.8) is 0 Å². The van der Waals surface area contributed by atoms with Gasteiger partial charge in [-0.15, -0.1) is 0 Å². The zero-order chi connectivity index (χ0) is 29.7. The van der Waals surface area contributed by atoms with Crippen molar-refractivity contribution in [1.29, 1.82) is 0 Å². The van der Waals surface area contributed by atoms with Crippen LogP contribution in [0.5, 0.6) is 0 Å². The number of aromatic nitrogens is 2. The number of amides is 1. The predicted molar refractivity (Wildman–Crippen MR) is 159 cm³/mol. The fourth-order valence-electron chi connectivity index (χ4n) is 5.86. The average molecular weight is 561 g/mol. The van der Waals surface area contributed by atoms with Crippen molar-refractivity contribution in [1.82, 2.24) is 19.8 Å². The molecular formula is C33H41FN4O3. The Balaban J connectivity index is 1.66. The Morgan fingerprint density at radius 3 is 2.39 bits per heavy atom. The minimum atomic E-state index is -0.729. The van der Waals surface area contributed by atoms with Crippen LogP contribution in [0.2, 0.25) is 0 Å². The van der Waals surface area contributed by atoms with Gasteiger partial charge in [-0.25, -0.2) is 4.39 Å². The van der Waals surface area contributed by atoms with Gasteiger partial charge in [0.25, 0.3) is 5.56 Å². The van der Waals surface area contributed by atoms with Gasteiger partial charge in [0.2, 0.25) is 5.91 Å². The molecule has 7 nitrogen and oxygen atoms in total. The summed E-state index contributed by atoms with van der Waals surface area (Å²) in [6.07, 6.45) is 7.85. The van der Waals surface area contributed by atoms with Gasteiger partial charge < -0.3 is 9.88 Å². The first-order chi connectivity index (χ1) is 19.5. The van der Waals surface area contributed by atoms with Gasteiger partial charge in [-0.2, -0.15) is 0 Å². The summed E-state index contributed by atoms with van der Waals surface area (Å²) in [6.45, 7) is 11.7. The van der Waals surface area contributed by atoms with E-state index >= 15 is 0 Å². The molecule has 0 spiro atoms. The van der Waals surface area contributed by atoms with Gasteiger partial charge in [0, 0.05) is 42.7 Å². The monoisotopic (exact) mass is 560 g/mol. The van der Waals surface area contributed by atoms with Gasteiger partial charge in [0.1, 0.15) is 17.6 Å². The number of hydrogen-bond donors (Lipinski definition) is 1. The van der Waals surface area contributed by atoms with Gasteiger partial charge in [0.15, 0.2) is 0 Å². The quantitative estimate of drug-likeness (QED) is 0.326. The van der Waals surface area contributed by atoms with Crippen molar-refractivity contribution in [2.24, 2.45) is 5.92 Å². The number of benzene rings is 1.